The number of carbonyl (C=O) groups is 4. The molecule has 2 bridgehead atoms. The molecule has 14 nitrogen and oxygen atoms in total. The number of piperidine rings is 1. The molecule has 2 aromatic heterocycles. The van der Waals surface area contributed by atoms with Crippen LogP contribution in [0.1, 0.15) is 70.7 Å². The maximum absolute atomic E-state index is 14.0. The van der Waals surface area contributed by atoms with Gasteiger partial charge in [0.2, 0.25) is 11.8 Å². The predicted molar refractivity (Wildman–Crippen MR) is 232 cm³/mol. The van der Waals surface area contributed by atoms with Crippen LogP contribution in [0.4, 0.5) is 9.59 Å². The highest BCUT2D eigenvalue weighted by atomic mass is 28.3. The average Bonchev–Trinajstić information content (AvgIpc) is 4.09. The third-order valence-corrected chi connectivity index (χ3v) is 15.5. The Hall–Kier alpha value is -5.70. The molecule has 3 aliphatic rings. The largest absolute Gasteiger partial charge is 0.453 e. The van der Waals surface area contributed by atoms with Crippen LogP contribution in [0.2, 0.25) is 19.1 Å². The minimum Gasteiger partial charge on any atom is -0.453 e. The van der Waals surface area contributed by atoms with Crippen LogP contribution in [0.25, 0.3) is 44.2 Å². The summed E-state index contributed by atoms with van der Waals surface area (Å²) in [7, 11) is 0.836. The van der Waals surface area contributed by atoms with E-state index in [1.165, 1.54) is 14.2 Å². The first-order valence-electron chi connectivity index (χ1n) is 21.1. The average molecular weight is 833 g/mol. The van der Waals surface area contributed by atoms with Gasteiger partial charge >= 0.3 is 12.2 Å². The zero-order valence-electron chi connectivity index (χ0n) is 35.7. The van der Waals surface area contributed by atoms with E-state index in [0.717, 1.165) is 81.1 Å². The van der Waals surface area contributed by atoms with Gasteiger partial charge in [-0.25, -0.2) is 19.6 Å². The molecule has 3 fully saturated rings. The lowest BCUT2D eigenvalue weighted by Gasteiger charge is -2.37. The molecule has 4 amide bonds. The number of methoxy groups -OCH3 is 2. The Balaban J connectivity index is 1.01. The molecule has 0 spiro atoms. The Morgan fingerprint density at radius 2 is 1.45 bits per heavy atom. The van der Waals surface area contributed by atoms with E-state index in [4.69, 9.17) is 19.4 Å². The topological polar surface area (TPSA) is 175 Å². The second-order valence-electron chi connectivity index (χ2n) is 18.3. The Bertz CT molecular complexity index is 2440. The van der Waals surface area contributed by atoms with Crippen molar-refractivity contribution in [2.75, 3.05) is 20.4 Å². The molecule has 0 unspecified atom stereocenters. The normalized spacial score (nSPS) is 21.8. The molecule has 4 N–H and O–H groups in total. The van der Waals surface area contributed by atoms with Gasteiger partial charge in [-0.3, -0.25) is 9.59 Å². The fourth-order valence-electron chi connectivity index (χ4n) is 9.78. The third-order valence-electron chi connectivity index (χ3n) is 12.8. The Kier molecular flexibility index (Phi) is 11.0. The smallest absolute Gasteiger partial charge is 0.407 e. The summed E-state index contributed by atoms with van der Waals surface area (Å²) in [6.45, 7) is 12.3. The minimum absolute atomic E-state index is 0.0946. The number of rotatable bonds is 10. The fraction of sp³-hybridized carbons (Fsp3) is 0.467. The van der Waals surface area contributed by atoms with E-state index in [1.54, 1.807) is 0 Å². The number of nitrogens with one attached hydrogen (secondary N) is 4. The van der Waals surface area contributed by atoms with Crippen LogP contribution in [0.3, 0.4) is 0 Å². The van der Waals surface area contributed by atoms with Crippen LogP contribution >= 0.6 is 0 Å². The number of likely N-dealkylation sites (tertiary alicyclic amines) is 1. The number of fused-ring (bicyclic) bond motifs is 5. The van der Waals surface area contributed by atoms with E-state index in [9.17, 15) is 19.2 Å². The number of aromatic nitrogens is 4. The first-order chi connectivity index (χ1) is 28.7. The standard InChI is InChI=1S/C45H56N8O6Si/c1-24(2)36(50-44(56)58-5)42(54)52-23-60(7,8)22-35(52)40-47-33-18-15-29-19-28(14-17-32(29)38(33)49-40)26-9-11-27(12-10-26)34-21-46-41(48-34)39-30-13-16-31(20-30)53(39)43(55)37(25(3)4)51-45(57)59-6/h9-12,14-15,17-19,21,24-25,30-31,35-37,39H,13,16,20,22-23H2,1-8H3,(H,46,48)(H,47,49)(H,50,56)(H,51,57)/t30-,31-,35+,36+,37+,39+/m1/s1. The van der Waals surface area contributed by atoms with Crippen molar-refractivity contribution in [3.63, 3.8) is 0 Å². The highest BCUT2D eigenvalue weighted by Gasteiger charge is 2.51. The fourth-order valence-corrected chi connectivity index (χ4v) is 12.7. The number of hydrogen-bond donors (Lipinski definition) is 4. The van der Waals surface area contributed by atoms with Crippen molar-refractivity contribution in [1.29, 1.82) is 0 Å². The molecule has 8 rings (SSSR count). The summed E-state index contributed by atoms with van der Waals surface area (Å²) in [5.41, 5.74) is 5.78. The van der Waals surface area contributed by atoms with E-state index >= 15 is 0 Å². The van der Waals surface area contributed by atoms with Crippen LogP contribution in [0.5, 0.6) is 0 Å². The number of amides is 4. The highest BCUT2D eigenvalue weighted by Crippen LogP contribution is 2.50. The number of imidazole rings is 2. The van der Waals surface area contributed by atoms with Gasteiger partial charge in [0.05, 0.1) is 57.3 Å². The highest BCUT2D eigenvalue weighted by molar-refractivity contribution is 6.78. The van der Waals surface area contributed by atoms with Crippen LogP contribution in [0, 0.1) is 17.8 Å². The van der Waals surface area contributed by atoms with Crippen molar-refractivity contribution in [3.8, 4) is 22.4 Å². The van der Waals surface area contributed by atoms with Gasteiger partial charge in [-0.05, 0) is 77.3 Å². The lowest BCUT2D eigenvalue weighted by molar-refractivity contribution is -0.139. The number of H-pyrrole nitrogens is 2. The molecule has 15 heteroatoms. The molecule has 3 aromatic carbocycles. The summed E-state index contributed by atoms with van der Waals surface area (Å²) in [5, 5.41) is 7.60. The van der Waals surface area contributed by atoms with E-state index < -0.39 is 32.3 Å². The maximum atomic E-state index is 14.0. The molecular weight excluding hydrogens is 777 g/mol. The van der Waals surface area contributed by atoms with Crippen LogP contribution in [-0.4, -0.2) is 100 Å². The molecular formula is C45H56N8O6Si. The molecule has 2 aliphatic heterocycles. The Morgan fingerprint density at radius 3 is 2.12 bits per heavy atom. The summed E-state index contributed by atoms with van der Waals surface area (Å²) >= 11 is 0. The van der Waals surface area contributed by atoms with Gasteiger partial charge in [-0.15, -0.1) is 0 Å². The summed E-state index contributed by atoms with van der Waals surface area (Å²) in [4.78, 5) is 73.2. The minimum atomic E-state index is -1.78. The second-order valence-corrected chi connectivity index (χ2v) is 23.3. The number of alkyl carbamates (subject to hydrolysis) is 2. The van der Waals surface area contributed by atoms with Gasteiger partial charge in [0.1, 0.15) is 23.7 Å². The van der Waals surface area contributed by atoms with Crippen molar-refractivity contribution in [1.82, 2.24) is 40.4 Å². The first-order valence-corrected chi connectivity index (χ1v) is 24.5. The number of aromatic amines is 2. The maximum Gasteiger partial charge on any atom is 0.407 e. The van der Waals surface area contributed by atoms with Crippen LogP contribution < -0.4 is 10.6 Å². The zero-order valence-corrected chi connectivity index (χ0v) is 36.7. The van der Waals surface area contributed by atoms with Crippen molar-refractivity contribution < 1.29 is 28.7 Å². The number of benzene rings is 3. The molecule has 60 heavy (non-hydrogen) atoms. The molecule has 0 radical (unpaired) electrons. The van der Waals surface area contributed by atoms with E-state index in [-0.39, 0.29) is 41.8 Å². The molecule has 1 saturated carbocycles. The second kappa shape index (κ2) is 16.1. The van der Waals surface area contributed by atoms with Crippen molar-refractivity contribution in [2.45, 2.75) is 96.3 Å². The summed E-state index contributed by atoms with van der Waals surface area (Å²) in [6, 6.07) is 18.2. The number of ether oxygens (including phenoxy) is 2. The zero-order chi connectivity index (χ0) is 42.6. The SMILES string of the molecule is COC(=O)N[C@H](C(=O)N1C[Si](C)(C)C[C@H]1c1nc2c(ccc3cc(-c4ccc(-c5cnc([C@@H]6[C@@H]7CC[C@H](C7)N6C(=O)[C@@H](NC(=O)OC)C(C)C)[nH]5)cc4)ccc32)[nH]1)C(C)C. The quantitative estimate of drug-likeness (QED) is 0.104. The third kappa shape index (κ3) is 7.63. The van der Waals surface area contributed by atoms with Gasteiger partial charge < -0.3 is 39.9 Å². The van der Waals surface area contributed by atoms with Crippen LogP contribution in [-0.2, 0) is 19.1 Å². The van der Waals surface area contributed by atoms with Gasteiger partial charge in [0, 0.05) is 17.6 Å². The monoisotopic (exact) mass is 832 g/mol. The van der Waals surface area contributed by atoms with E-state index in [0.29, 0.717) is 12.1 Å². The molecule has 1 aliphatic carbocycles. The summed E-state index contributed by atoms with van der Waals surface area (Å²) < 4.78 is 9.66. The lowest BCUT2D eigenvalue weighted by atomic mass is 9.95. The Morgan fingerprint density at radius 1 is 0.800 bits per heavy atom. The van der Waals surface area contributed by atoms with Crippen LogP contribution in [0.15, 0.2) is 60.8 Å². The van der Waals surface area contributed by atoms with Gasteiger partial charge in [0.25, 0.3) is 0 Å². The first kappa shape index (κ1) is 41.0. The molecule has 5 aromatic rings. The summed E-state index contributed by atoms with van der Waals surface area (Å²) in [5.74, 6) is 1.42. The Labute approximate surface area is 351 Å². The molecule has 4 heterocycles. The van der Waals surface area contributed by atoms with Crippen molar-refractivity contribution in [3.05, 3.63) is 72.4 Å². The van der Waals surface area contributed by atoms with Gasteiger partial charge in [-0.1, -0.05) is 83.3 Å². The van der Waals surface area contributed by atoms with Gasteiger partial charge in [-0.2, -0.15) is 0 Å². The van der Waals surface area contributed by atoms with Crippen molar-refractivity contribution in [2.24, 2.45) is 17.8 Å². The molecule has 2 saturated heterocycles. The number of nitrogens with zero attached hydrogens (tertiary/aromatic N) is 4. The van der Waals surface area contributed by atoms with E-state index in [2.05, 4.69) is 88.3 Å². The lowest BCUT2D eigenvalue weighted by Crippen LogP contribution is -2.54. The number of carbonyl (C=O) groups excluding carboxylic acids is 4. The molecule has 316 valence electrons. The molecule has 6 atom stereocenters. The summed E-state index contributed by atoms with van der Waals surface area (Å²) in [6.07, 6.45) is 4.22. The van der Waals surface area contributed by atoms with Crippen molar-refractivity contribution >= 4 is 53.9 Å². The number of hydrogen-bond acceptors (Lipinski definition) is 8. The van der Waals surface area contributed by atoms with E-state index in [1.807, 2.05) is 43.7 Å². The van der Waals surface area contributed by atoms with Gasteiger partial charge in [0.15, 0.2) is 0 Å². The predicted octanol–water partition coefficient (Wildman–Crippen LogP) is 7.72.